The monoisotopic (exact) mass is 1540 g/mol. The second-order valence-electron chi connectivity index (χ2n) is 46.5. The van der Waals surface area contributed by atoms with Crippen LogP contribution in [0.2, 0.25) is 0 Å². The summed E-state index contributed by atoms with van der Waals surface area (Å²) in [5, 5.41) is 0. The Morgan fingerprint density at radius 2 is 0.427 bits per heavy atom. The molecule has 0 spiro atoms. The molecule has 0 saturated heterocycles. The summed E-state index contributed by atoms with van der Waals surface area (Å²) in [6.45, 7) is 71.7. The second kappa shape index (κ2) is 63.1. The molecule has 0 heteroatoms. The van der Waals surface area contributed by atoms with Gasteiger partial charge in [-0.25, -0.2) is 0 Å². The molecule has 10 aliphatic carbocycles. The molecule has 0 bridgehead atoms. The van der Waals surface area contributed by atoms with E-state index in [1.54, 1.807) is 0 Å². The average molecular weight is 1540 g/mol. The van der Waals surface area contributed by atoms with E-state index in [4.69, 9.17) is 0 Å². The van der Waals surface area contributed by atoms with E-state index >= 15 is 0 Å². The SMILES string of the molecule is CC(C)C1CC(C(C)C)C1.CC(C)C1CCC1C(C)C.CC1CCC(C(C)C)CC1.CC1CCCC(C(C)C)C1.CC1CCCC(C)CCC1.CC1CCCC(C)CCCC(C)CCC1.CC1CCCCC(C)CC1.CC1CCCCC(C)CCC(C)CCC1.CCC1(C)CCC(C)CC1.CCC1(C)CCCC(C)C1. The summed E-state index contributed by atoms with van der Waals surface area (Å²) in [4.78, 5) is 0. The third-order valence-electron chi connectivity index (χ3n) is 32.6. The quantitative estimate of drug-likeness (QED) is 0.227. The Balaban J connectivity index is 0.000000614. The van der Waals surface area contributed by atoms with Gasteiger partial charge in [-0.05, 0) is 235 Å². The molecule has 10 fully saturated rings. The Kier molecular flexibility index (Phi) is 61.9. The standard InChI is InChI=1S/2C15H30.8C10H20/c1-13-7-4-9-14(2)11-6-12-15(3)10-5-8-13;1-13-7-4-5-8-14(2)11-12-15(3)10-6-9-13;1-7(2)9-5-10(6-9)8(3)4;1-7(2)9-5-6-10(9)8(3)4;1-8(2)10-6-4-9(3)5-7-10;1-8(2)10-6-4-5-9(3)7-10;1-9-5-3-7-10(2)8-4-6-9;1-9-5-3-4-6-10(2)8-7-9;1-4-10(3)7-5-9(2)6-8-10;1-4-10(3)7-5-6-9(2)8-10/h2*13-15H,4-12H2,1-3H3;2*7-10H,5-6H2,1-4H3;2*8-10H,4-7H2,1-3H3;2*9-10H,3-8H2,1-2H3;2*9H,4-8H2,1-3H3. The first-order chi connectivity index (χ1) is 51.9. The van der Waals surface area contributed by atoms with Crippen LogP contribution in [0, 0.1) is 165 Å². The average Bonchev–Trinajstić information content (AvgIpc) is 0.833. The van der Waals surface area contributed by atoms with Crippen LogP contribution in [0.15, 0.2) is 0 Å². The van der Waals surface area contributed by atoms with E-state index in [0.717, 1.165) is 154 Å². The molecule has 10 saturated carbocycles. The van der Waals surface area contributed by atoms with Gasteiger partial charge in [0.25, 0.3) is 0 Å². The smallest absolute Gasteiger partial charge is 0.0326 e. The van der Waals surface area contributed by atoms with Crippen molar-refractivity contribution in [3.05, 3.63) is 0 Å². The summed E-state index contributed by atoms with van der Waals surface area (Å²) < 4.78 is 0. The molecule has 660 valence electrons. The first kappa shape index (κ1) is 108. The van der Waals surface area contributed by atoms with Crippen LogP contribution in [0.4, 0.5) is 0 Å². The summed E-state index contributed by atoms with van der Waals surface area (Å²) in [5.41, 5.74) is 1.39. The normalized spacial score (nSPS) is 36.5. The lowest BCUT2D eigenvalue weighted by molar-refractivity contribution is 0.0793. The van der Waals surface area contributed by atoms with Crippen molar-refractivity contribution in [2.45, 2.75) is 542 Å². The second-order valence-corrected chi connectivity index (χ2v) is 46.5. The van der Waals surface area contributed by atoms with E-state index in [1.807, 2.05) is 0 Å². The highest BCUT2D eigenvalue weighted by Gasteiger charge is 2.35. The van der Waals surface area contributed by atoms with Gasteiger partial charge in [-0.3, -0.25) is 0 Å². The maximum absolute atomic E-state index is 2.45. The minimum atomic E-state index is 0.692. The molecule has 0 heterocycles. The van der Waals surface area contributed by atoms with Gasteiger partial charge >= 0.3 is 0 Å². The van der Waals surface area contributed by atoms with Crippen LogP contribution in [-0.4, -0.2) is 0 Å². The van der Waals surface area contributed by atoms with Crippen molar-refractivity contribution < 1.29 is 0 Å². The largest absolute Gasteiger partial charge is 0.0649 e. The van der Waals surface area contributed by atoms with Crippen LogP contribution in [0.25, 0.3) is 0 Å². The maximum atomic E-state index is 2.45. The van der Waals surface area contributed by atoms with E-state index in [1.165, 1.54) is 334 Å². The third kappa shape index (κ3) is 54.2. The van der Waals surface area contributed by atoms with E-state index in [9.17, 15) is 0 Å². The van der Waals surface area contributed by atoms with Crippen molar-refractivity contribution in [2.24, 2.45) is 165 Å². The fourth-order valence-electron chi connectivity index (χ4n) is 21.5. The molecule has 0 aromatic heterocycles. The number of hydrogen-bond donors (Lipinski definition) is 0. The molecular weight excluding hydrogens is 1320 g/mol. The van der Waals surface area contributed by atoms with Gasteiger partial charge in [-0.1, -0.05) is 471 Å². The van der Waals surface area contributed by atoms with Gasteiger partial charge in [0.05, 0.1) is 0 Å². The molecule has 110 heavy (non-hydrogen) atoms. The number of hydrogen-bond acceptors (Lipinski definition) is 0. The molecule has 0 nitrogen and oxygen atoms in total. The summed E-state index contributed by atoms with van der Waals surface area (Å²) in [7, 11) is 0. The van der Waals surface area contributed by atoms with Crippen molar-refractivity contribution >= 4 is 0 Å². The molecule has 0 amide bonds. The van der Waals surface area contributed by atoms with Crippen LogP contribution in [0.1, 0.15) is 542 Å². The van der Waals surface area contributed by atoms with E-state index < -0.39 is 0 Å². The molecule has 0 aromatic carbocycles. The highest BCUT2D eigenvalue weighted by atomic mass is 14.4. The highest BCUT2D eigenvalue weighted by molar-refractivity contribution is 4.86. The summed E-state index contributed by atoms with van der Waals surface area (Å²) >= 11 is 0. The van der Waals surface area contributed by atoms with Crippen LogP contribution in [-0.2, 0) is 0 Å². The van der Waals surface area contributed by atoms with Gasteiger partial charge in [-0.2, -0.15) is 0 Å². The molecule has 0 aliphatic heterocycles. The Bertz CT molecular complexity index is 1890. The van der Waals surface area contributed by atoms with Crippen LogP contribution < -0.4 is 0 Å². The molecular formula is C110H220. The zero-order chi connectivity index (χ0) is 82.8. The van der Waals surface area contributed by atoms with Crippen LogP contribution >= 0.6 is 0 Å². The zero-order valence-electron chi connectivity index (χ0n) is 82.8. The first-order valence-electron chi connectivity index (χ1n) is 51.9. The Hall–Kier alpha value is 0. The minimum Gasteiger partial charge on any atom is -0.0649 e. The van der Waals surface area contributed by atoms with Crippen LogP contribution in [0.5, 0.6) is 0 Å². The van der Waals surface area contributed by atoms with Gasteiger partial charge in [0.1, 0.15) is 0 Å². The fourth-order valence-corrected chi connectivity index (χ4v) is 21.5. The first-order valence-corrected chi connectivity index (χ1v) is 51.9. The summed E-state index contributed by atoms with van der Waals surface area (Å²) in [6.07, 6.45) is 76.5. The van der Waals surface area contributed by atoms with E-state index in [0.29, 0.717) is 10.8 Å². The number of rotatable bonds is 8. The predicted molar refractivity (Wildman–Crippen MR) is 506 cm³/mol. The van der Waals surface area contributed by atoms with Crippen molar-refractivity contribution in [2.75, 3.05) is 0 Å². The lowest BCUT2D eigenvalue weighted by Crippen LogP contribution is -2.33. The molecule has 10 rings (SSSR count). The summed E-state index contributed by atoms with van der Waals surface area (Å²) in [6, 6.07) is 0. The molecule has 10 aliphatic rings. The zero-order valence-corrected chi connectivity index (χ0v) is 82.8. The molecule has 0 radical (unpaired) electrons. The van der Waals surface area contributed by atoms with Crippen molar-refractivity contribution in [3.8, 4) is 0 Å². The molecule has 0 aromatic rings. The lowest BCUT2D eigenvalue weighted by Gasteiger charge is -2.42. The topological polar surface area (TPSA) is 0 Å². The van der Waals surface area contributed by atoms with Gasteiger partial charge in [0.15, 0.2) is 0 Å². The maximum Gasteiger partial charge on any atom is -0.0326 e. The van der Waals surface area contributed by atoms with Gasteiger partial charge in [0, 0.05) is 0 Å². The van der Waals surface area contributed by atoms with Crippen LogP contribution in [0.3, 0.4) is 0 Å². The molecule has 0 N–H and O–H groups in total. The Morgan fingerprint density at radius 1 is 0.191 bits per heavy atom. The van der Waals surface area contributed by atoms with Crippen molar-refractivity contribution in [3.63, 3.8) is 0 Å². The minimum absolute atomic E-state index is 0.692. The lowest BCUT2D eigenvalue weighted by atomic mass is 9.64. The molecule has 11 atom stereocenters. The molecule has 11 unspecified atom stereocenters. The van der Waals surface area contributed by atoms with E-state index in [-0.39, 0.29) is 0 Å². The summed E-state index contributed by atoms with van der Waals surface area (Å²) in [5.74, 6) is 25.6. The van der Waals surface area contributed by atoms with Gasteiger partial charge in [0.2, 0.25) is 0 Å². The van der Waals surface area contributed by atoms with E-state index in [2.05, 4.69) is 208 Å². The van der Waals surface area contributed by atoms with Gasteiger partial charge < -0.3 is 0 Å². The highest BCUT2D eigenvalue weighted by Crippen LogP contribution is 2.46. The fraction of sp³-hybridized carbons (Fsp3) is 1.00. The predicted octanol–water partition coefficient (Wildman–Crippen LogP) is 38.9. The third-order valence-corrected chi connectivity index (χ3v) is 32.6. The van der Waals surface area contributed by atoms with Crippen molar-refractivity contribution in [1.82, 2.24) is 0 Å². The Labute approximate surface area is 702 Å². The Morgan fingerprint density at radius 3 is 0.664 bits per heavy atom. The van der Waals surface area contributed by atoms with Crippen molar-refractivity contribution in [1.29, 1.82) is 0 Å². The van der Waals surface area contributed by atoms with Gasteiger partial charge in [-0.15, -0.1) is 0 Å².